The summed E-state index contributed by atoms with van der Waals surface area (Å²) in [5.41, 5.74) is -1.74. The average Bonchev–Trinajstić information content (AvgIpc) is 2.35. The van der Waals surface area contributed by atoms with Crippen LogP contribution in [0.15, 0.2) is 30.3 Å². The number of hydrogen-bond donors (Lipinski definition) is 0. The van der Waals surface area contributed by atoms with Crippen LogP contribution in [0.4, 0.5) is 26.3 Å². The van der Waals surface area contributed by atoms with Gasteiger partial charge in [-0.05, 0) is 35.7 Å². The summed E-state index contributed by atoms with van der Waals surface area (Å²) in [6.45, 7) is 1.80. The van der Waals surface area contributed by atoms with E-state index in [9.17, 15) is 26.3 Å². The van der Waals surface area contributed by atoms with E-state index >= 15 is 0 Å². The number of halogens is 6. The quantitative estimate of drug-likeness (QED) is 0.656. The third-order valence-corrected chi connectivity index (χ3v) is 3.08. The molecule has 0 fully saturated rings. The molecule has 0 amide bonds. The first-order valence-corrected chi connectivity index (χ1v) is 6.09. The van der Waals surface area contributed by atoms with E-state index in [1.807, 2.05) is 0 Å². The molecule has 21 heavy (non-hydrogen) atoms. The maximum atomic E-state index is 13.9. The largest absolute Gasteiger partial charge is 0.422 e. The lowest BCUT2D eigenvalue weighted by atomic mass is 10.00. The lowest BCUT2D eigenvalue weighted by Gasteiger charge is -2.12. The van der Waals surface area contributed by atoms with Crippen molar-refractivity contribution in [2.45, 2.75) is 19.5 Å². The highest BCUT2D eigenvalue weighted by Crippen LogP contribution is 2.36. The van der Waals surface area contributed by atoms with Crippen LogP contribution in [-0.2, 0) is 12.6 Å². The minimum absolute atomic E-state index is 0.154. The van der Waals surface area contributed by atoms with Gasteiger partial charge in [0.05, 0.1) is 0 Å². The van der Waals surface area contributed by atoms with Gasteiger partial charge in [-0.3, -0.25) is 0 Å². The second-order valence-corrected chi connectivity index (χ2v) is 4.48. The molecule has 6 heteroatoms. The maximum absolute atomic E-state index is 13.9. The Morgan fingerprint density at radius 2 is 1.43 bits per heavy atom. The molecule has 0 saturated heterocycles. The standard InChI is InChI=1S/C15H10F6/c1-2-8-3-4-10(11(16)5-8)9-6-12(17)14(13(18)7-9)15(19,20)21/h3-7H,2H2,1H3. The Kier molecular flexibility index (Phi) is 3.98. The third-order valence-electron chi connectivity index (χ3n) is 3.08. The van der Waals surface area contributed by atoms with E-state index in [-0.39, 0.29) is 11.1 Å². The Morgan fingerprint density at radius 3 is 1.86 bits per heavy atom. The predicted molar refractivity (Wildman–Crippen MR) is 66.1 cm³/mol. The Balaban J connectivity index is 2.57. The van der Waals surface area contributed by atoms with Crippen LogP contribution in [0.3, 0.4) is 0 Å². The highest BCUT2D eigenvalue weighted by Gasteiger charge is 2.38. The first kappa shape index (κ1) is 15.4. The van der Waals surface area contributed by atoms with Gasteiger partial charge >= 0.3 is 6.18 Å². The van der Waals surface area contributed by atoms with Crippen molar-refractivity contribution in [1.29, 1.82) is 0 Å². The Morgan fingerprint density at radius 1 is 0.857 bits per heavy atom. The van der Waals surface area contributed by atoms with Crippen LogP contribution in [0.25, 0.3) is 11.1 Å². The van der Waals surface area contributed by atoms with Gasteiger partial charge in [0.15, 0.2) is 0 Å². The van der Waals surface area contributed by atoms with Crippen LogP contribution >= 0.6 is 0 Å². The predicted octanol–water partition coefficient (Wildman–Crippen LogP) is 5.35. The Labute approximate surface area is 117 Å². The molecule has 2 aromatic carbocycles. The second kappa shape index (κ2) is 5.42. The third kappa shape index (κ3) is 3.04. The molecule has 0 N–H and O–H groups in total. The molecule has 0 aliphatic heterocycles. The summed E-state index contributed by atoms with van der Waals surface area (Å²) in [5.74, 6) is -4.28. The van der Waals surface area contributed by atoms with Crippen molar-refractivity contribution < 1.29 is 26.3 Å². The number of rotatable bonds is 2. The smallest absolute Gasteiger partial charge is 0.206 e. The molecule has 0 aliphatic carbocycles. The molecule has 0 aliphatic rings. The first-order valence-electron chi connectivity index (χ1n) is 6.09. The molecule has 0 atom stereocenters. The lowest BCUT2D eigenvalue weighted by Crippen LogP contribution is -2.11. The zero-order valence-electron chi connectivity index (χ0n) is 10.9. The van der Waals surface area contributed by atoms with Gasteiger partial charge in [0.2, 0.25) is 0 Å². The average molecular weight is 304 g/mol. The normalized spacial score (nSPS) is 11.8. The van der Waals surface area contributed by atoms with Gasteiger partial charge in [-0.1, -0.05) is 19.1 Å². The number of aryl methyl sites for hydroxylation is 1. The molecular weight excluding hydrogens is 294 g/mol. The van der Waals surface area contributed by atoms with Gasteiger partial charge < -0.3 is 0 Å². The van der Waals surface area contributed by atoms with Crippen molar-refractivity contribution in [2.24, 2.45) is 0 Å². The molecule has 0 spiro atoms. The van der Waals surface area contributed by atoms with E-state index in [1.165, 1.54) is 12.1 Å². The van der Waals surface area contributed by atoms with E-state index in [1.54, 1.807) is 13.0 Å². The molecule has 0 unspecified atom stereocenters. The zero-order chi connectivity index (χ0) is 15.8. The van der Waals surface area contributed by atoms with Gasteiger partial charge in [0.1, 0.15) is 23.0 Å². The van der Waals surface area contributed by atoms with Gasteiger partial charge in [-0.2, -0.15) is 13.2 Å². The van der Waals surface area contributed by atoms with Crippen LogP contribution in [0.1, 0.15) is 18.1 Å². The fourth-order valence-electron chi connectivity index (χ4n) is 2.01. The monoisotopic (exact) mass is 304 g/mol. The molecule has 0 nitrogen and oxygen atoms in total. The molecule has 0 heterocycles. The molecule has 112 valence electrons. The fourth-order valence-corrected chi connectivity index (χ4v) is 2.01. The summed E-state index contributed by atoms with van der Waals surface area (Å²) >= 11 is 0. The van der Waals surface area contributed by atoms with Crippen LogP contribution in [0.2, 0.25) is 0 Å². The molecular formula is C15H10F6. The lowest BCUT2D eigenvalue weighted by molar-refractivity contribution is -0.142. The minimum Gasteiger partial charge on any atom is -0.206 e. The van der Waals surface area contributed by atoms with Crippen molar-refractivity contribution in [3.8, 4) is 11.1 Å². The first-order chi connectivity index (χ1) is 9.74. The van der Waals surface area contributed by atoms with E-state index in [4.69, 9.17) is 0 Å². The molecule has 2 rings (SSSR count). The minimum atomic E-state index is -5.14. The molecule has 0 aromatic heterocycles. The van der Waals surface area contributed by atoms with E-state index in [0.29, 0.717) is 24.1 Å². The van der Waals surface area contributed by atoms with Crippen LogP contribution in [0, 0.1) is 17.5 Å². The summed E-state index contributed by atoms with van der Waals surface area (Å²) in [6, 6.07) is 4.98. The summed E-state index contributed by atoms with van der Waals surface area (Å²) in [4.78, 5) is 0. The van der Waals surface area contributed by atoms with Gasteiger partial charge in [-0.25, -0.2) is 13.2 Å². The van der Waals surface area contributed by atoms with Crippen molar-refractivity contribution in [2.75, 3.05) is 0 Å². The van der Waals surface area contributed by atoms with Crippen LogP contribution in [0.5, 0.6) is 0 Å². The van der Waals surface area contributed by atoms with Crippen molar-refractivity contribution in [3.63, 3.8) is 0 Å². The second-order valence-electron chi connectivity index (χ2n) is 4.48. The van der Waals surface area contributed by atoms with Gasteiger partial charge in [0, 0.05) is 5.56 Å². The Hall–Kier alpha value is -1.98. The molecule has 0 bridgehead atoms. The highest BCUT2D eigenvalue weighted by molar-refractivity contribution is 5.65. The van der Waals surface area contributed by atoms with Gasteiger partial charge in [0.25, 0.3) is 0 Å². The van der Waals surface area contributed by atoms with Crippen molar-refractivity contribution in [3.05, 3.63) is 58.9 Å². The molecule has 0 saturated carbocycles. The Bertz CT molecular complexity index is 649. The van der Waals surface area contributed by atoms with Crippen molar-refractivity contribution >= 4 is 0 Å². The number of benzene rings is 2. The molecule has 0 radical (unpaired) electrons. The van der Waals surface area contributed by atoms with Crippen molar-refractivity contribution in [1.82, 2.24) is 0 Å². The number of hydrogen-bond acceptors (Lipinski definition) is 0. The van der Waals surface area contributed by atoms with Crippen LogP contribution in [-0.4, -0.2) is 0 Å². The summed E-state index contributed by atoms with van der Waals surface area (Å²) in [7, 11) is 0. The zero-order valence-corrected chi connectivity index (χ0v) is 10.9. The summed E-state index contributed by atoms with van der Waals surface area (Å²) in [6.07, 6.45) is -4.58. The van der Waals surface area contributed by atoms with E-state index in [2.05, 4.69) is 0 Å². The molecule has 2 aromatic rings. The summed E-state index contributed by atoms with van der Waals surface area (Å²) < 4.78 is 78.2. The summed E-state index contributed by atoms with van der Waals surface area (Å²) in [5, 5.41) is 0. The highest BCUT2D eigenvalue weighted by atomic mass is 19.4. The van der Waals surface area contributed by atoms with E-state index in [0.717, 1.165) is 0 Å². The van der Waals surface area contributed by atoms with E-state index < -0.39 is 29.2 Å². The topological polar surface area (TPSA) is 0 Å². The number of alkyl halides is 3. The SMILES string of the molecule is CCc1ccc(-c2cc(F)c(C(F)(F)F)c(F)c2)c(F)c1. The fraction of sp³-hybridized carbons (Fsp3) is 0.200. The maximum Gasteiger partial charge on any atom is 0.422 e. The van der Waals surface area contributed by atoms with Gasteiger partial charge in [-0.15, -0.1) is 0 Å². The van der Waals surface area contributed by atoms with Crippen LogP contribution < -0.4 is 0 Å².